The van der Waals surface area contributed by atoms with Gasteiger partial charge in [-0.2, -0.15) is 0 Å². The highest BCUT2D eigenvalue weighted by molar-refractivity contribution is 6.05. The number of nitrogens with one attached hydrogen (secondary N) is 1. The van der Waals surface area contributed by atoms with Gasteiger partial charge in [0.1, 0.15) is 17.0 Å². The first kappa shape index (κ1) is 19.8. The van der Waals surface area contributed by atoms with Crippen molar-refractivity contribution in [2.75, 3.05) is 12.4 Å². The van der Waals surface area contributed by atoms with Gasteiger partial charge < -0.3 is 14.6 Å². The predicted octanol–water partition coefficient (Wildman–Crippen LogP) is 3.37. The van der Waals surface area contributed by atoms with E-state index in [2.05, 4.69) is 5.32 Å². The minimum Gasteiger partial charge on any atom is -0.496 e. The number of aryl methyl sites for hydroxylation is 1. The van der Waals surface area contributed by atoms with Crippen LogP contribution in [-0.4, -0.2) is 22.5 Å². The fourth-order valence-corrected chi connectivity index (χ4v) is 2.93. The molecule has 148 valence electrons. The van der Waals surface area contributed by atoms with Crippen molar-refractivity contribution < 1.29 is 14.5 Å². The van der Waals surface area contributed by atoms with Crippen molar-refractivity contribution in [2.24, 2.45) is 0 Å². The highest BCUT2D eigenvalue weighted by atomic mass is 16.6. The maximum Gasteiger partial charge on any atom is 0.296 e. The minimum atomic E-state index is -0.721. The zero-order valence-electron chi connectivity index (χ0n) is 15.9. The zero-order valence-corrected chi connectivity index (χ0v) is 15.9. The molecule has 0 unspecified atom stereocenters. The summed E-state index contributed by atoms with van der Waals surface area (Å²) in [6.07, 6.45) is 1.59. The van der Waals surface area contributed by atoms with E-state index in [0.717, 1.165) is 11.1 Å². The van der Waals surface area contributed by atoms with Crippen LogP contribution in [0.25, 0.3) is 0 Å². The van der Waals surface area contributed by atoms with Crippen LogP contribution in [0, 0.1) is 17.0 Å². The summed E-state index contributed by atoms with van der Waals surface area (Å²) in [5.74, 6) is -0.434. The first-order valence-electron chi connectivity index (χ1n) is 8.78. The number of amides is 1. The van der Waals surface area contributed by atoms with Crippen LogP contribution in [0.3, 0.4) is 0 Å². The third-order valence-electron chi connectivity index (χ3n) is 4.35. The highest BCUT2D eigenvalue weighted by Crippen LogP contribution is 2.29. The number of nitro groups is 1. The molecule has 0 saturated carbocycles. The van der Waals surface area contributed by atoms with Crippen molar-refractivity contribution in [3.63, 3.8) is 0 Å². The second-order valence-corrected chi connectivity index (χ2v) is 6.44. The lowest BCUT2D eigenvalue weighted by Crippen LogP contribution is -2.29. The molecular weight excluding hydrogens is 374 g/mol. The van der Waals surface area contributed by atoms with Gasteiger partial charge in [-0.05, 0) is 36.8 Å². The number of methoxy groups -OCH3 is 1. The van der Waals surface area contributed by atoms with E-state index < -0.39 is 16.4 Å². The number of hydrogen-bond donors (Lipinski definition) is 1. The van der Waals surface area contributed by atoms with Gasteiger partial charge in [0.2, 0.25) is 0 Å². The molecule has 1 N–H and O–H groups in total. The fraction of sp³-hybridized carbons (Fsp3) is 0.143. The fourth-order valence-electron chi connectivity index (χ4n) is 2.93. The molecule has 29 heavy (non-hydrogen) atoms. The summed E-state index contributed by atoms with van der Waals surface area (Å²) in [6.45, 7) is 2.27. The number of nitrogens with zero attached hydrogens (tertiary/aromatic N) is 2. The molecule has 1 aromatic heterocycles. The lowest BCUT2D eigenvalue weighted by Gasteiger charge is -2.10. The van der Waals surface area contributed by atoms with Gasteiger partial charge in [0.05, 0.1) is 24.6 Å². The molecule has 0 atom stereocenters. The summed E-state index contributed by atoms with van der Waals surface area (Å²) in [5, 5.41) is 13.7. The van der Waals surface area contributed by atoms with Crippen molar-refractivity contribution in [1.29, 1.82) is 0 Å². The molecule has 8 nitrogen and oxygen atoms in total. The molecule has 8 heteroatoms. The molecule has 0 aliphatic carbocycles. The molecule has 3 aromatic rings. The van der Waals surface area contributed by atoms with Crippen LogP contribution in [0.4, 0.5) is 11.4 Å². The first-order chi connectivity index (χ1) is 13.9. The van der Waals surface area contributed by atoms with Gasteiger partial charge in [-0.3, -0.25) is 19.7 Å². The van der Waals surface area contributed by atoms with Crippen LogP contribution in [0.5, 0.6) is 5.75 Å². The average Bonchev–Trinajstić information content (AvgIpc) is 2.69. The second-order valence-electron chi connectivity index (χ2n) is 6.44. The van der Waals surface area contributed by atoms with Crippen LogP contribution in [0.1, 0.15) is 21.5 Å². The second kappa shape index (κ2) is 8.39. The summed E-state index contributed by atoms with van der Waals surface area (Å²) in [5.41, 5.74) is 1.06. The summed E-state index contributed by atoms with van der Waals surface area (Å²) >= 11 is 0. The zero-order chi connectivity index (χ0) is 21.0. The molecule has 1 amide bonds. The van der Waals surface area contributed by atoms with Crippen LogP contribution < -0.4 is 15.6 Å². The Bertz CT molecular complexity index is 1140. The minimum absolute atomic E-state index is 0.0192. The molecule has 0 aliphatic heterocycles. The van der Waals surface area contributed by atoms with Gasteiger partial charge >= 0.3 is 0 Å². The summed E-state index contributed by atoms with van der Waals surface area (Å²) in [6, 6.07) is 14.7. The van der Waals surface area contributed by atoms with Crippen LogP contribution in [0.15, 0.2) is 65.6 Å². The van der Waals surface area contributed by atoms with Gasteiger partial charge in [-0.1, -0.05) is 29.8 Å². The van der Waals surface area contributed by atoms with E-state index in [4.69, 9.17) is 4.74 Å². The van der Waals surface area contributed by atoms with E-state index in [1.807, 2.05) is 31.2 Å². The van der Waals surface area contributed by atoms with Gasteiger partial charge in [-0.15, -0.1) is 0 Å². The molecular formula is C21H19N3O5. The Labute approximate surface area is 166 Å². The number of anilines is 1. The lowest BCUT2D eigenvalue weighted by atomic mass is 10.1. The van der Waals surface area contributed by atoms with Crippen LogP contribution in [-0.2, 0) is 6.54 Å². The molecule has 0 radical (unpaired) electrons. The van der Waals surface area contributed by atoms with Crippen LogP contribution >= 0.6 is 0 Å². The largest absolute Gasteiger partial charge is 0.496 e. The third-order valence-corrected chi connectivity index (χ3v) is 4.35. The first-order valence-corrected chi connectivity index (χ1v) is 8.78. The molecule has 0 saturated heterocycles. The molecule has 0 fully saturated rings. The van der Waals surface area contributed by atoms with Crippen molar-refractivity contribution in [3.8, 4) is 5.75 Å². The molecule has 1 heterocycles. The summed E-state index contributed by atoms with van der Waals surface area (Å²) in [7, 11) is 1.39. The van der Waals surface area contributed by atoms with Gasteiger partial charge in [0.25, 0.3) is 17.2 Å². The molecule has 0 bridgehead atoms. The Morgan fingerprint density at radius 3 is 2.66 bits per heavy atom. The number of carbonyl (C=O) groups is 1. The summed E-state index contributed by atoms with van der Waals surface area (Å²) in [4.78, 5) is 36.1. The Morgan fingerprint density at radius 1 is 1.17 bits per heavy atom. The topological polar surface area (TPSA) is 103 Å². The SMILES string of the molecule is COc1ccc(NC(=O)c2cccn(Cc3cccc(C)c3)c2=O)c([N+](=O)[O-])c1. The van der Waals surface area contributed by atoms with Crippen LogP contribution in [0.2, 0.25) is 0 Å². The summed E-state index contributed by atoms with van der Waals surface area (Å²) < 4.78 is 6.40. The van der Waals surface area contributed by atoms with E-state index >= 15 is 0 Å². The number of benzene rings is 2. The average molecular weight is 393 g/mol. The predicted molar refractivity (Wildman–Crippen MR) is 109 cm³/mol. The van der Waals surface area contributed by atoms with Crippen molar-refractivity contribution in [3.05, 3.63) is 98.0 Å². The smallest absolute Gasteiger partial charge is 0.296 e. The van der Waals surface area contributed by atoms with E-state index in [9.17, 15) is 19.7 Å². The van der Waals surface area contributed by atoms with Gasteiger partial charge in [0.15, 0.2) is 0 Å². The number of ether oxygens (including phenoxy) is 1. The van der Waals surface area contributed by atoms with E-state index in [1.54, 1.807) is 12.3 Å². The quantitative estimate of drug-likeness (QED) is 0.511. The Morgan fingerprint density at radius 2 is 1.97 bits per heavy atom. The maximum atomic E-state index is 12.8. The number of carbonyl (C=O) groups excluding carboxylic acids is 1. The van der Waals surface area contributed by atoms with Gasteiger partial charge in [0, 0.05) is 6.20 Å². The van der Waals surface area contributed by atoms with Gasteiger partial charge in [-0.25, -0.2) is 0 Å². The molecule has 3 rings (SSSR count). The standard InChI is InChI=1S/C21H19N3O5/c1-14-5-3-6-15(11-14)13-23-10-4-7-17(21(23)26)20(25)22-18-9-8-16(29-2)12-19(18)24(27)28/h3-12H,13H2,1-2H3,(H,22,25). The lowest BCUT2D eigenvalue weighted by molar-refractivity contribution is -0.384. The number of aromatic nitrogens is 1. The third kappa shape index (κ3) is 4.49. The van der Waals surface area contributed by atoms with E-state index in [1.165, 1.54) is 35.9 Å². The monoisotopic (exact) mass is 393 g/mol. The van der Waals surface area contributed by atoms with Crippen molar-refractivity contribution in [2.45, 2.75) is 13.5 Å². The molecule has 0 aliphatic rings. The van der Waals surface area contributed by atoms with E-state index in [-0.39, 0.29) is 22.7 Å². The molecule has 2 aromatic carbocycles. The number of nitro benzene ring substituents is 1. The normalized spacial score (nSPS) is 10.4. The Balaban J connectivity index is 1.89. The highest BCUT2D eigenvalue weighted by Gasteiger charge is 2.20. The Kier molecular flexibility index (Phi) is 5.73. The number of hydrogen-bond acceptors (Lipinski definition) is 5. The van der Waals surface area contributed by atoms with Crippen molar-refractivity contribution in [1.82, 2.24) is 4.57 Å². The van der Waals surface area contributed by atoms with Crippen molar-refractivity contribution >= 4 is 17.3 Å². The van der Waals surface area contributed by atoms with E-state index in [0.29, 0.717) is 6.54 Å². The number of rotatable bonds is 6. The molecule has 0 spiro atoms. The number of pyridine rings is 1. The maximum absolute atomic E-state index is 12.8. The Hall–Kier alpha value is -3.94.